The first-order chi connectivity index (χ1) is 14.5. The number of halogens is 3. The van der Waals surface area contributed by atoms with Gasteiger partial charge in [-0.1, -0.05) is 20.8 Å². The number of unbranched alkanes of at least 4 members (excludes halogenated alkanes) is 1. The maximum atomic E-state index is 12.3. The van der Waals surface area contributed by atoms with Crippen molar-refractivity contribution < 1.29 is 22.6 Å². The van der Waals surface area contributed by atoms with Crippen LogP contribution in [-0.2, 0) is 6.42 Å². The van der Waals surface area contributed by atoms with Gasteiger partial charge in [-0.25, -0.2) is 0 Å². The summed E-state index contributed by atoms with van der Waals surface area (Å²) in [5, 5.41) is 0. The molecule has 4 nitrogen and oxygen atoms in total. The molecule has 2 heterocycles. The molecule has 1 saturated heterocycles. The fraction of sp³-hybridized carbons (Fsp3) is 0.750. The lowest BCUT2D eigenvalue weighted by Gasteiger charge is -2.49. The van der Waals surface area contributed by atoms with Crippen molar-refractivity contribution in [3.8, 4) is 11.5 Å². The van der Waals surface area contributed by atoms with Gasteiger partial charge in [-0.05, 0) is 61.4 Å². The van der Waals surface area contributed by atoms with E-state index in [0.29, 0.717) is 35.4 Å². The zero-order valence-corrected chi connectivity index (χ0v) is 19.5. The standard InChI is InChI=1S/C24H37F3N2O2/c1-23(2,3)14-18-15-29-10-8-17-12-22(31-11-7-6-9-24(25,26)27)21(30-5)13-19(17)20(29)16-28(18)4/h12-13,18,20H,6-11,14-16H2,1-5H3/t18-,20-/m1/s1. The number of benzene rings is 1. The van der Waals surface area contributed by atoms with Crippen LogP contribution < -0.4 is 9.47 Å². The van der Waals surface area contributed by atoms with Crippen molar-refractivity contribution >= 4 is 0 Å². The quantitative estimate of drug-likeness (QED) is 0.524. The van der Waals surface area contributed by atoms with Gasteiger partial charge in [0.2, 0.25) is 0 Å². The number of hydrogen-bond donors (Lipinski definition) is 0. The molecule has 1 aromatic rings. The maximum Gasteiger partial charge on any atom is 0.389 e. The topological polar surface area (TPSA) is 24.9 Å². The van der Waals surface area contributed by atoms with Crippen LogP contribution in [0.15, 0.2) is 12.1 Å². The Labute approximate surface area is 184 Å². The molecule has 0 saturated carbocycles. The molecular weight excluding hydrogens is 405 g/mol. The lowest BCUT2D eigenvalue weighted by atomic mass is 9.84. The fourth-order valence-electron chi connectivity index (χ4n) is 4.83. The van der Waals surface area contributed by atoms with Crippen molar-refractivity contribution in [1.82, 2.24) is 9.80 Å². The molecule has 1 aromatic carbocycles. The summed E-state index contributed by atoms with van der Waals surface area (Å²) in [7, 11) is 3.84. The van der Waals surface area contributed by atoms with Crippen LogP contribution in [0.1, 0.15) is 63.6 Å². The number of nitrogens with zero attached hydrogens (tertiary/aromatic N) is 2. The Morgan fingerprint density at radius 1 is 1.06 bits per heavy atom. The summed E-state index contributed by atoms with van der Waals surface area (Å²) in [6.07, 6.45) is -2.30. The first kappa shape index (κ1) is 24.2. The predicted octanol–water partition coefficient (Wildman–Crippen LogP) is 5.46. The van der Waals surface area contributed by atoms with Crippen molar-refractivity contribution in [1.29, 1.82) is 0 Å². The molecular formula is C24H37F3N2O2. The highest BCUT2D eigenvalue weighted by atomic mass is 19.4. The third-order valence-corrected chi connectivity index (χ3v) is 6.38. The molecule has 2 aliphatic heterocycles. The van der Waals surface area contributed by atoms with E-state index < -0.39 is 12.6 Å². The van der Waals surface area contributed by atoms with Gasteiger partial charge in [-0.3, -0.25) is 4.90 Å². The lowest BCUT2D eigenvalue weighted by Crippen LogP contribution is -2.55. The normalized spacial score (nSPS) is 22.7. The summed E-state index contributed by atoms with van der Waals surface area (Å²) in [5.41, 5.74) is 2.85. The number of methoxy groups -OCH3 is 1. The van der Waals surface area contributed by atoms with Crippen LogP contribution >= 0.6 is 0 Å². The summed E-state index contributed by atoms with van der Waals surface area (Å²) >= 11 is 0. The fourth-order valence-corrected chi connectivity index (χ4v) is 4.83. The van der Waals surface area contributed by atoms with Gasteiger partial charge in [-0.15, -0.1) is 0 Å². The van der Waals surface area contributed by atoms with Crippen LogP contribution in [0.4, 0.5) is 13.2 Å². The van der Waals surface area contributed by atoms with Crippen LogP contribution in [0.5, 0.6) is 11.5 Å². The van der Waals surface area contributed by atoms with E-state index in [9.17, 15) is 13.2 Å². The number of hydrogen-bond acceptors (Lipinski definition) is 4. The molecule has 0 unspecified atom stereocenters. The highest BCUT2D eigenvalue weighted by molar-refractivity contribution is 5.49. The van der Waals surface area contributed by atoms with E-state index in [1.807, 2.05) is 6.07 Å². The van der Waals surface area contributed by atoms with E-state index in [4.69, 9.17) is 9.47 Å². The second kappa shape index (κ2) is 9.57. The van der Waals surface area contributed by atoms with E-state index >= 15 is 0 Å². The van der Waals surface area contributed by atoms with E-state index in [1.54, 1.807) is 7.11 Å². The number of ether oxygens (including phenoxy) is 2. The van der Waals surface area contributed by atoms with Gasteiger partial charge in [-0.2, -0.15) is 13.2 Å². The SMILES string of the molecule is COc1cc2c(cc1OCCCCC(F)(F)F)CCN1C[C@@H](CC(C)(C)C)N(C)C[C@H]21. The molecule has 176 valence electrons. The molecule has 7 heteroatoms. The van der Waals surface area contributed by atoms with Gasteiger partial charge in [0.1, 0.15) is 0 Å². The van der Waals surface area contributed by atoms with Crippen LogP contribution in [0.2, 0.25) is 0 Å². The van der Waals surface area contributed by atoms with E-state index in [-0.39, 0.29) is 13.0 Å². The van der Waals surface area contributed by atoms with Crippen LogP contribution in [-0.4, -0.2) is 62.4 Å². The Balaban J connectivity index is 1.68. The van der Waals surface area contributed by atoms with Gasteiger partial charge in [0.25, 0.3) is 0 Å². The molecule has 31 heavy (non-hydrogen) atoms. The van der Waals surface area contributed by atoms with Crippen molar-refractivity contribution in [2.75, 3.05) is 40.4 Å². The number of alkyl halides is 3. The molecule has 3 rings (SSSR count). The highest BCUT2D eigenvalue weighted by Crippen LogP contribution is 2.41. The minimum atomic E-state index is -4.10. The molecule has 2 atom stereocenters. The Hall–Kier alpha value is -1.47. The van der Waals surface area contributed by atoms with Crippen molar-refractivity contribution in [3.05, 3.63) is 23.3 Å². The summed E-state index contributed by atoms with van der Waals surface area (Å²) in [6, 6.07) is 5.00. The minimum Gasteiger partial charge on any atom is -0.493 e. The monoisotopic (exact) mass is 442 g/mol. The van der Waals surface area contributed by atoms with Crippen LogP contribution in [0.25, 0.3) is 0 Å². The second-order valence-corrected chi connectivity index (χ2v) is 10.2. The third-order valence-electron chi connectivity index (χ3n) is 6.38. The Morgan fingerprint density at radius 3 is 2.45 bits per heavy atom. The average Bonchev–Trinajstić information content (AvgIpc) is 2.66. The van der Waals surface area contributed by atoms with Crippen molar-refractivity contribution in [2.24, 2.45) is 5.41 Å². The zero-order chi connectivity index (χ0) is 22.8. The summed E-state index contributed by atoms with van der Waals surface area (Å²) in [6.45, 7) is 10.2. The molecule has 0 bridgehead atoms. The number of rotatable bonds is 7. The van der Waals surface area contributed by atoms with Gasteiger partial charge >= 0.3 is 6.18 Å². The summed E-state index contributed by atoms with van der Waals surface area (Å²) in [5.74, 6) is 1.30. The first-order valence-corrected chi connectivity index (χ1v) is 11.3. The third kappa shape index (κ3) is 6.51. The molecule has 0 spiro atoms. The van der Waals surface area contributed by atoms with Crippen LogP contribution in [0.3, 0.4) is 0 Å². The minimum absolute atomic E-state index is 0.0792. The van der Waals surface area contributed by atoms with Gasteiger partial charge in [0.15, 0.2) is 11.5 Å². The molecule has 0 N–H and O–H groups in total. The number of likely N-dealkylation sites (N-methyl/N-ethyl adjacent to an activating group) is 1. The molecule has 0 amide bonds. The van der Waals surface area contributed by atoms with E-state index in [1.165, 1.54) is 17.5 Å². The molecule has 1 fully saturated rings. The molecule has 0 radical (unpaired) electrons. The van der Waals surface area contributed by atoms with Gasteiger partial charge in [0.05, 0.1) is 13.7 Å². The molecule has 0 aliphatic carbocycles. The number of piperazine rings is 1. The number of fused-ring (bicyclic) bond motifs is 3. The Bertz CT molecular complexity index is 746. The predicted molar refractivity (Wildman–Crippen MR) is 117 cm³/mol. The largest absolute Gasteiger partial charge is 0.493 e. The zero-order valence-electron chi connectivity index (χ0n) is 19.5. The Morgan fingerprint density at radius 2 is 1.81 bits per heavy atom. The maximum absolute atomic E-state index is 12.3. The average molecular weight is 443 g/mol. The first-order valence-electron chi connectivity index (χ1n) is 11.3. The van der Waals surface area contributed by atoms with Crippen molar-refractivity contribution in [2.45, 2.75) is 71.1 Å². The van der Waals surface area contributed by atoms with Crippen molar-refractivity contribution in [3.63, 3.8) is 0 Å². The summed E-state index contributed by atoms with van der Waals surface area (Å²) < 4.78 is 48.3. The summed E-state index contributed by atoms with van der Waals surface area (Å²) in [4.78, 5) is 5.08. The Kier molecular flexibility index (Phi) is 7.47. The molecule has 0 aromatic heterocycles. The highest BCUT2D eigenvalue weighted by Gasteiger charge is 2.38. The van der Waals surface area contributed by atoms with E-state index in [0.717, 1.165) is 26.1 Å². The molecule has 2 aliphatic rings. The smallest absolute Gasteiger partial charge is 0.389 e. The van der Waals surface area contributed by atoms with Crippen LogP contribution in [0, 0.1) is 5.41 Å². The van der Waals surface area contributed by atoms with E-state index in [2.05, 4.69) is 43.7 Å². The second-order valence-electron chi connectivity index (χ2n) is 10.2. The van der Waals surface area contributed by atoms with Gasteiger partial charge < -0.3 is 14.4 Å². The lowest BCUT2D eigenvalue weighted by molar-refractivity contribution is -0.135. The van der Waals surface area contributed by atoms with Gasteiger partial charge in [0, 0.05) is 38.1 Å².